The Morgan fingerprint density at radius 2 is 1.86 bits per heavy atom. The third-order valence-electron chi connectivity index (χ3n) is 4.41. The Labute approximate surface area is 166 Å². The first-order valence-corrected chi connectivity index (χ1v) is 9.28. The van der Waals surface area contributed by atoms with Gasteiger partial charge in [-0.1, -0.05) is 34.5 Å². The first-order chi connectivity index (χ1) is 13.5. The molecule has 2 amide bonds. The van der Waals surface area contributed by atoms with Gasteiger partial charge < -0.3 is 10.6 Å². The van der Waals surface area contributed by atoms with Crippen molar-refractivity contribution in [2.24, 2.45) is 0 Å². The van der Waals surface area contributed by atoms with Crippen LogP contribution < -0.4 is 10.6 Å². The Morgan fingerprint density at radius 3 is 2.57 bits per heavy atom. The summed E-state index contributed by atoms with van der Waals surface area (Å²) in [5.41, 5.74) is 2.89. The zero-order chi connectivity index (χ0) is 19.7. The molecule has 0 saturated heterocycles. The van der Waals surface area contributed by atoms with Crippen molar-refractivity contribution in [1.82, 2.24) is 20.3 Å². The van der Waals surface area contributed by atoms with E-state index in [1.807, 2.05) is 31.2 Å². The van der Waals surface area contributed by atoms with Gasteiger partial charge in [-0.3, -0.25) is 9.59 Å². The summed E-state index contributed by atoms with van der Waals surface area (Å²) >= 11 is 6.13. The molecule has 142 valence electrons. The van der Waals surface area contributed by atoms with Crippen LogP contribution in [0.3, 0.4) is 0 Å². The molecule has 1 aliphatic carbocycles. The lowest BCUT2D eigenvalue weighted by Gasteiger charge is -2.09. The van der Waals surface area contributed by atoms with Crippen molar-refractivity contribution in [1.29, 1.82) is 0 Å². The van der Waals surface area contributed by atoms with Crippen LogP contribution in [0.25, 0.3) is 5.69 Å². The molecule has 2 N–H and O–H groups in total. The minimum atomic E-state index is -0.422. The Bertz CT molecular complexity index is 1040. The molecule has 3 aromatic rings. The van der Waals surface area contributed by atoms with Crippen molar-refractivity contribution in [2.75, 3.05) is 5.32 Å². The number of halogens is 1. The number of nitrogens with one attached hydrogen (secondary N) is 2. The van der Waals surface area contributed by atoms with Crippen molar-refractivity contribution in [3.05, 3.63) is 70.5 Å². The van der Waals surface area contributed by atoms with Gasteiger partial charge in [0, 0.05) is 11.7 Å². The van der Waals surface area contributed by atoms with Gasteiger partial charge in [-0.25, -0.2) is 4.68 Å². The fourth-order valence-electron chi connectivity index (χ4n) is 2.65. The second kappa shape index (κ2) is 7.44. The Balaban J connectivity index is 1.49. The second-order valence-electron chi connectivity index (χ2n) is 6.78. The summed E-state index contributed by atoms with van der Waals surface area (Å²) < 4.78 is 1.53. The molecule has 0 unspecified atom stereocenters. The van der Waals surface area contributed by atoms with Crippen LogP contribution in [0.4, 0.5) is 5.69 Å². The maximum atomic E-state index is 12.5. The fourth-order valence-corrected chi connectivity index (χ4v) is 2.86. The lowest BCUT2D eigenvalue weighted by molar-refractivity contribution is 0.0949. The molecule has 1 saturated carbocycles. The first kappa shape index (κ1) is 18.2. The van der Waals surface area contributed by atoms with Gasteiger partial charge in [-0.2, -0.15) is 0 Å². The number of aromatic nitrogens is 3. The average Bonchev–Trinajstić information content (AvgIpc) is 3.35. The van der Waals surface area contributed by atoms with Crippen molar-refractivity contribution < 1.29 is 9.59 Å². The van der Waals surface area contributed by atoms with Crippen molar-refractivity contribution in [2.45, 2.75) is 25.8 Å². The molecule has 1 heterocycles. The summed E-state index contributed by atoms with van der Waals surface area (Å²) in [6, 6.07) is 12.7. The van der Waals surface area contributed by atoms with E-state index in [0.717, 1.165) is 24.1 Å². The molecule has 1 aromatic heterocycles. The van der Waals surface area contributed by atoms with Crippen LogP contribution in [-0.2, 0) is 0 Å². The summed E-state index contributed by atoms with van der Waals surface area (Å²) in [4.78, 5) is 24.8. The number of hydrogen-bond acceptors (Lipinski definition) is 4. The largest absolute Gasteiger partial charge is 0.349 e. The van der Waals surface area contributed by atoms with E-state index in [4.69, 9.17) is 11.6 Å². The Kier molecular flexibility index (Phi) is 4.83. The van der Waals surface area contributed by atoms with Gasteiger partial charge >= 0.3 is 0 Å². The predicted molar refractivity (Wildman–Crippen MR) is 106 cm³/mol. The summed E-state index contributed by atoms with van der Waals surface area (Å²) in [7, 11) is 0. The highest BCUT2D eigenvalue weighted by molar-refractivity contribution is 6.34. The Hall–Kier alpha value is -3.19. The number of carbonyl (C=O) groups excluding carboxylic acids is 2. The highest BCUT2D eigenvalue weighted by Gasteiger charge is 2.25. The molecule has 0 radical (unpaired) electrons. The van der Waals surface area contributed by atoms with E-state index < -0.39 is 5.91 Å². The molecule has 0 atom stereocenters. The van der Waals surface area contributed by atoms with Gasteiger partial charge in [-0.05, 0) is 50.1 Å². The monoisotopic (exact) mass is 395 g/mol. The smallest absolute Gasteiger partial charge is 0.277 e. The molecule has 2 aromatic carbocycles. The highest BCUT2D eigenvalue weighted by atomic mass is 35.5. The van der Waals surface area contributed by atoms with Gasteiger partial charge in [0.2, 0.25) is 0 Å². The number of nitrogens with zero attached hydrogens (tertiary/aromatic N) is 3. The molecule has 4 rings (SSSR count). The zero-order valence-electron chi connectivity index (χ0n) is 15.1. The summed E-state index contributed by atoms with van der Waals surface area (Å²) in [6.45, 7) is 2.00. The molecule has 28 heavy (non-hydrogen) atoms. The van der Waals surface area contributed by atoms with Gasteiger partial charge in [0.25, 0.3) is 11.8 Å². The van der Waals surface area contributed by atoms with Crippen LogP contribution in [0, 0.1) is 6.92 Å². The number of rotatable bonds is 5. The minimum Gasteiger partial charge on any atom is -0.349 e. The second-order valence-corrected chi connectivity index (χ2v) is 7.19. The molecule has 0 bridgehead atoms. The minimum absolute atomic E-state index is 0.166. The normalized spacial score (nSPS) is 13.2. The molecular formula is C20H18ClN5O2. The molecule has 8 heteroatoms. The fraction of sp³-hybridized carbons (Fsp3) is 0.200. The number of carbonyl (C=O) groups is 2. The topological polar surface area (TPSA) is 88.9 Å². The van der Waals surface area contributed by atoms with Gasteiger partial charge in [-0.15, -0.1) is 5.10 Å². The summed E-state index contributed by atoms with van der Waals surface area (Å²) in [6.07, 6.45) is 3.52. The maximum Gasteiger partial charge on any atom is 0.277 e. The van der Waals surface area contributed by atoms with E-state index >= 15 is 0 Å². The quantitative estimate of drug-likeness (QED) is 0.693. The molecule has 0 aliphatic heterocycles. The van der Waals surface area contributed by atoms with Crippen LogP contribution >= 0.6 is 11.6 Å². The third kappa shape index (κ3) is 4.04. The van der Waals surface area contributed by atoms with Gasteiger partial charge in [0.15, 0.2) is 5.69 Å². The van der Waals surface area contributed by atoms with E-state index in [-0.39, 0.29) is 17.6 Å². The van der Waals surface area contributed by atoms with E-state index in [1.165, 1.54) is 4.68 Å². The SMILES string of the molecule is Cc1ccc(-n2cc(C(=O)Nc3ccc(Cl)c(C(=O)NC4CC4)c3)nn2)cc1. The lowest BCUT2D eigenvalue weighted by atomic mass is 10.2. The predicted octanol–water partition coefficient (Wildman–Crippen LogP) is 3.37. The molecule has 1 aliphatic rings. The average molecular weight is 396 g/mol. The first-order valence-electron chi connectivity index (χ1n) is 8.91. The van der Waals surface area contributed by atoms with Gasteiger partial charge in [0.1, 0.15) is 0 Å². The van der Waals surface area contributed by atoms with E-state index in [9.17, 15) is 9.59 Å². The number of benzene rings is 2. The van der Waals surface area contributed by atoms with Crippen LogP contribution in [-0.4, -0.2) is 32.9 Å². The number of hydrogen-bond donors (Lipinski definition) is 2. The summed E-state index contributed by atoms with van der Waals surface area (Å²) in [5, 5.41) is 13.9. The van der Waals surface area contributed by atoms with E-state index in [2.05, 4.69) is 20.9 Å². The van der Waals surface area contributed by atoms with Crippen molar-refractivity contribution >= 4 is 29.1 Å². The zero-order valence-corrected chi connectivity index (χ0v) is 15.9. The molecule has 0 spiro atoms. The van der Waals surface area contributed by atoms with Crippen molar-refractivity contribution in [3.63, 3.8) is 0 Å². The maximum absolute atomic E-state index is 12.5. The van der Waals surface area contributed by atoms with Gasteiger partial charge in [0.05, 0.1) is 22.5 Å². The third-order valence-corrected chi connectivity index (χ3v) is 4.74. The molecular weight excluding hydrogens is 378 g/mol. The highest BCUT2D eigenvalue weighted by Crippen LogP contribution is 2.24. The van der Waals surface area contributed by atoms with E-state index in [0.29, 0.717) is 16.3 Å². The van der Waals surface area contributed by atoms with Crippen LogP contribution in [0.2, 0.25) is 5.02 Å². The number of aryl methyl sites for hydroxylation is 1. The standard InChI is InChI=1S/C20H18ClN5O2/c1-12-2-7-15(8-3-12)26-11-18(24-25-26)20(28)23-14-6-9-17(21)16(10-14)19(27)22-13-4-5-13/h2-3,6-11,13H,4-5H2,1H3,(H,22,27)(H,23,28). The number of anilines is 1. The molecule has 7 nitrogen and oxygen atoms in total. The van der Waals surface area contributed by atoms with Crippen LogP contribution in [0.1, 0.15) is 39.3 Å². The molecule has 1 fully saturated rings. The lowest BCUT2D eigenvalue weighted by Crippen LogP contribution is -2.25. The Morgan fingerprint density at radius 1 is 1.11 bits per heavy atom. The number of amides is 2. The van der Waals surface area contributed by atoms with E-state index in [1.54, 1.807) is 24.4 Å². The van der Waals surface area contributed by atoms with Crippen molar-refractivity contribution in [3.8, 4) is 5.69 Å². The van der Waals surface area contributed by atoms with Crippen LogP contribution in [0.5, 0.6) is 0 Å². The summed E-state index contributed by atoms with van der Waals surface area (Å²) in [5.74, 6) is -0.664. The van der Waals surface area contributed by atoms with Crippen LogP contribution in [0.15, 0.2) is 48.7 Å².